The lowest BCUT2D eigenvalue weighted by molar-refractivity contribution is -0.140. The van der Waals surface area contributed by atoms with Crippen LogP contribution in [0.1, 0.15) is 23.5 Å². The van der Waals surface area contributed by atoms with Gasteiger partial charge in [-0.2, -0.15) is 0 Å². The molecule has 4 nitrogen and oxygen atoms in total. The van der Waals surface area contributed by atoms with Crippen LogP contribution in [0.4, 0.5) is 0 Å². The third-order valence-electron chi connectivity index (χ3n) is 5.88. The zero-order chi connectivity index (χ0) is 17.7. The van der Waals surface area contributed by atoms with Crippen LogP contribution in [0.25, 0.3) is 0 Å². The van der Waals surface area contributed by atoms with Crippen molar-refractivity contribution >= 4 is 11.9 Å². The Morgan fingerprint density at radius 1 is 1.08 bits per heavy atom. The van der Waals surface area contributed by atoms with Gasteiger partial charge < -0.3 is 9.47 Å². The van der Waals surface area contributed by atoms with E-state index < -0.39 is 5.54 Å². The van der Waals surface area contributed by atoms with E-state index in [0.29, 0.717) is 11.8 Å². The molecule has 130 valence electrons. The number of rotatable bonds is 3. The average Bonchev–Trinajstić information content (AvgIpc) is 3.37. The largest absolute Gasteiger partial charge is 0.497 e. The summed E-state index contributed by atoms with van der Waals surface area (Å²) in [5.41, 5.74) is 1.11. The Morgan fingerprint density at radius 3 is 2.58 bits per heavy atom. The molecular formula is C22H19NO3. The molecule has 2 unspecified atom stereocenters. The van der Waals surface area contributed by atoms with Crippen LogP contribution in [0.5, 0.6) is 5.75 Å². The molecule has 0 saturated heterocycles. The van der Waals surface area contributed by atoms with Crippen LogP contribution in [0.2, 0.25) is 0 Å². The minimum absolute atomic E-state index is 0.00267. The number of cyclic esters (lactones) is 1. The number of aliphatic imine (C=N–C) groups is 1. The molecule has 2 aliphatic carbocycles. The second kappa shape index (κ2) is 5.56. The van der Waals surface area contributed by atoms with Crippen LogP contribution in [0, 0.1) is 11.8 Å². The molecule has 4 atom stereocenters. The smallest absolute Gasteiger partial charge is 0.342 e. The number of hydrogen-bond acceptors (Lipinski definition) is 4. The van der Waals surface area contributed by atoms with Gasteiger partial charge in [0.05, 0.1) is 7.11 Å². The first-order chi connectivity index (χ1) is 12.7. The van der Waals surface area contributed by atoms with Crippen LogP contribution in [-0.4, -0.2) is 24.5 Å². The van der Waals surface area contributed by atoms with Gasteiger partial charge in [-0.1, -0.05) is 42.5 Å². The summed E-state index contributed by atoms with van der Waals surface area (Å²) in [5.74, 6) is 1.42. The topological polar surface area (TPSA) is 47.9 Å². The summed E-state index contributed by atoms with van der Waals surface area (Å²) in [6.45, 7) is 0. The van der Waals surface area contributed by atoms with Gasteiger partial charge in [-0.25, -0.2) is 9.79 Å². The Kier molecular flexibility index (Phi) is 3.29. The first-order valence-electron chi connectivity index (χ1n) is 8.92. The molecule has 0 amide bonds. The minimum Gasteiger partial charge on any atom is -0.497 e. The summed E-state index contributed by atoms with van der Waals surface area (Å²) in [5, 5.41) is 0. The number of esters is 1. The lowest BCUT2D eigenvalue weighted by Gasteiger charge is -2.32. The molecule has 1 heterocycles. The summed E-state index contributed by atoms with van der Waals surface area (Å²) in [6, 6.07) is 17.6. The van der Waals surface area contributed by atoms with Crippen molar-refractivity contribution in [3.8, 4) is 5.75 Å². The zero-order valence-corrected chi connectivity index (χ0v) is 14.5. The molecule has 1 saturated carbocycles. The molecule has 0 N–H and O–H groups in total. The highest BCUT2D eigenvalue weighted by Crippen LogP contribution is 2.59. The highest BCUT2D eigenvalue weighted by molar-refractivity contribution is 6.09. The summed E-state index contributed by atoms with van der Waals surface area (Å²) >= 11 is 0. The van der Waals surface area contributed by atoms with Gasteiger partial charge in [0, 0.05) is 17.4 Å². The monoisotopic (exact) mass is 345 g/mol. The Morgan fingerprint density at radius 2 is 1.85 bits per heavy atom. The Labute approximate surface area is 152 Å². The van der Waals surface area contributed by atoms with Crippen molar-refractivity contribution in [2.45, 2.75) is 17.9 Å². The first kappa shape index (κ1) is 15.4. The highest BCUT2D eigenvalue weighted by atomic mass is 16.6. The molecule has 0 radical (unpaired) electrons. The number of hydrogen-bond donors (Lipinski definition) is 0. The number of allylic oxidation sites excluding steroid dienone is 1. The van der Waals surface area contributed by atoms with Crippen molar-refractivity contribution in [3.05, 3.63) is 77.9 Å². The van der Waals surface area contributed by atoms with Gasteiger partial charge in [0.15, 0.2) is 5.54 Å². The number of nitrogens with zero attached hydrogens (tertiary/aromatic N) is 1. The van der Waals surface area contributed by atoms with Crippen molar-refractivity contribution in [1.82, 2.24) is 0 Å². The zero-order valence-electron chi connectivity index (χ0n) is 14.5. The number of carbonyl (C=O) groups excluding carboxylic acids is 1. The molecule has 2 aromatic rings. The van der Waals surface area contributed by atoms with Gasteiger partial charge in [0.25, 0.3) is 0 Å². The Hall–Kier alpha value is -2.88. The van der Waals surface area contributed by atoms with Gasteiger partial charge >= 0.3 is 5.97 Å². The predicted molar refractivity (Wildman–Crippen MR) is 98.3 cm³/mol. The third kappa shape index (κ3) is 2.02. The van der Waals surface area contributed by atoms with Gasteiger partial charge in [-0.3, -0.25) is 0 Å². The number of fused-ring (bicyclic) bond motifs is 3. The van der Waals surface area contributed by atoms with E-state index in [1.165, 1.54) is 0 Å². The molecule has 0 aromatic heterocycles. The van der Waals surface area contributed by atoms with Gasteiger partial charge in [0.2, 0.25) is 5.90 Å². The van der Waals surface area contributed by atoms with E-state index in [9.17, 15) is 4.79 Å². The van der Waals surface area contributed by atoms with E-state index in [4.69, 9.17) is 14.5 Å². The fraction of sp³-hybridized carbons (Fsp3) is 0.273. The standard InChI is InChI=1S/C22H19NO3/c1-25-18-11-8-14(9-12-18)19-16-7-10-17(13-16)22(19)21(24)26-20(23-22)15-5-3-2-4-6-15/h2-12,16-17,19H,13H2,1H3/t16?,17?,19-,22+/m0/s1. The fourth-order valence-corrected chi connectivity index (χ4v) is 4.71. The van der Waals surface area contributed by atoms with Gasteiger partial charge in [-0.05, 0) is 42.2 Å². The number of methoxy groups -OCH3 is 1. The number of benzene rings is 2. The molecule has 2 bridgehead atoms. The SMILES string of the molecule is COc1ccc([C@H]2C3C=CC(C3)[C@@]23N=C(c2ccccc2)OC3=O)cc1. The molecule has 5 rings (SSSR count). The average molecular weight is 345 g/mol. The molecular weight excluding hydrogens is 326 g/mol. The van der Waals surface area contributed by atoms with Crippen molar-refractivity contribution < 1.29 is 14.3 Å². The van der Waals surface area contributed by atoms with E-state index in [-0.39, 0.29) is 17.8 Å². The maximum atomic E-state index is 13.1. The van der Waals surface area contributed by atoms with Crippen LogP contribution in [0.3, 0.4) is 0 Å². The maximum absolute atomic E-state index is 13.1. The predicted octanol–water partition coefficient (Wildman–Crippen LogP) is 3.73. The minimum atomic E-state index is -0.848. The summed E-state index contributed by atoms with van der Waals surface area (Å²) in [4.78, 5) is 18.0. The quantitative estimate of drug-likeness (QED) is 0.629. The van der Waals surface area contributed by atoms with E-state index in [1.54, 1.807) is 7.11 Å². The Balaban J connectivity index is 1.62. The normalized spacial score (nSPS) is 31.3. The van der Waals surface area contributed by atoms with Crippen molar-refractivity contribution in [2.24, 2.45) is 16.8 Å². The van der Waals surface area contributed by atoms with Crippen LogP contribution >= 0.6 is 0 Å². The van der Waals surface area contributed by atoms with Crippen LogP contribution in [0.15, 0.2) is 71.7 Å². The second-order valence-corrected chi connectivity index (χ2v) is 7.14. The molecule has 2 aromatic carbocycles. The maximum Gasteiger partial charge on any atom is 0.342 e. The molecule has 1 aliphatic heterocycles. The fourth-order valence-electron chi connectivity index (χ4n) is 4.71. The molecule has 1 fully saturated rings. The van der Waals surface area contributed by atoms with Crippen molar-refractivity contribution in [3.63, 3.8) is 0 Å². The van der Waals surface area contributed by atoms with E-state index in [1.807, 2.05) is 54.6 Å². The lowest BCUT2D eigenvalue weighted by atomic mass is 9.73. The summed E-state index contributed by atoms with van der Waals surface area (Å²) in [7, 11) is 1.65. The van der Waals surface area contributed by atoms with Crippen molar-refractivity contribution in [2.75, 3.05) is 7.11 Å². The lowest BCUT2D eigenvalue weighted by Crippen LogP contribution is -2.44. The summed E-state index contributed by atoms with van der Waals surface area (Å²) < 4.78 is 11.0. The van der Waals surface area contributed by atoms with E-state index >= 15 is 0 Å². The first-order valence-corrected chi connectivity index (χ1v) is 8.92. The van der Waals surface area contributed by atoms with E-state index in [2.05, 4.69) is 12.2 Å². The molecule has 4 heteroatoms. The highest BCUT2D eigenvalue weighted by Gasteiger charge is 2.65. The number of carbonyl (C=O) groups is 1. The molecule has 3 aliphatic rings. The van der Waals surface area contributed by atoms with Crippen LogP contribution in [-0.2, 0) is 9.53 Å². The Bertz CT molecular complexity index is 916. The van der Waals surface area contributed by atoms with Gasteiger partial charge in [-0.15, -0.1) is 0 Å². The molecule has 1 spiro atoms. The van der Waals surface area contributed by atoms with E-state index in [0.717, 1.165) is 23.3 Å². The van der Waals surface area contributed by atoms with Crippen LogP contribution < -0.4 is 4.74 Å². The van der Waals surface area contributed by atoms with Gasteiger partial charge in [0.1, 0.15) is 5.75 Å². The molecule has 26 heavy (non-hydrogen) atoms. The van der Waals surface area contributed by atoms with Crippen molar-refractivity contribution in [1.29, 1.82) is 0 Å². The third-order valence-corrected chi connectivity index (χ3v) is 5.88. The second-order valence-electron chi connectivity index (χ2n) is 7.14. The summed E-state index contributed by atoms with van der Waals surface area (Å²) in [6.07, 6.45) is 5.31. The number of ether oxygens (including phenoxy) is 2.